The van der Waals surface area contributed by atoms with Crippen molar-refractivity contribution in [1.29, 1.82) is 0 Å². The number of amides is 1. The van der Waals surface area contributed by atoms with Gasteiger partial charge < -0.3 is 15.0 Å². The van der Waals surface area contributed by atoms with Gasteiger partial charge in [0.25, 0.3) is 11.6 Å². The summed E-state index contributed by atoms with van der Waals surface area (Å²) in [4.78, 5) is 25.7. The summed E-state index contributed by atoms with van der Waals surface area (Å²) < 4.78 is 19.2. The standard InChI is InChI=1S/C18H16FN3O4S/c19-14-2-1-3-15-18(14)16(10-21-15)27-9-8-20-17(23)11-26-13-6-4-12(5-7-13)22(24)25/h1-7,10,21H,8-9,11H2,(H,20,23). The second-order valence-electron chi connectivity index (χ2n) is 5.55. The van der Waals surface area contributed by atoms with E-state index in [0.717, 1.165) is 10.4 Å². The molecule has 2 N–H and O–H groups in total. The maximum Gasteiger partial charge on any atom is 0.269 e. The van der Waals surface area contributed by atoms with Gasteiger partial charge in [0, 0.05) is 46.4 Å². The number of rotatable bonds is 8. The van der Waals surface area contributed by atoms with Gasteiger partial charge in [0.2, 0.25) is 0 Å². The molecule has 3 rings (SSSR count). The van der Waals surface area contributed by atoms with Crippen molar-refractivity contribution in [2.75, 3.05) is 18.9 Å². The molecule has 0 aliphatic carbocycles. The molecule has 0 aliphatic rings. The molecular formula is C18H16FN3O4S. The van der Waals surface area contributed by atoms with Crippen LogP contribution in [-0.2, 0) is 4.79 Å². The molecule has 0 atom stereocenters. The molecular weight excluding hydrogens is 373 g/mol. The minimum Gasteiger partial charge on any atom is -0.484 e. The molecule has 9 heteroatoms. The first-order valence-electron chi connectivity index (χ1n) is 8.07. The lowest BCUT2D eigenvalue weighted by atomic mass is 10.2. The van der Waals surface area contributed by atoms with Gasteiger partial charge >= 0.3 is 0 Å². The molecule has 1 heterocycles. The van der Waals surface area contributed by atoms with Gasteiger partial charge in [0.05, 0.1) is 4.92 Å². The number of thioether (sulfide) groups is 1. The van der Waals surface area contributed by atoms with E-state index in [0.29, 0.717) is 23.4 Å². The van der Waals surface area contributed by atoms with E-state index in [1.54, 1.807) is 18.3 Å². The number of fused-ring (bicyclic) bond motifs is 1. The highest BCUT2D eigenvalue weighted by atomic mass is 32.2. The van der Waals surface area contributed by atoms with Crippen LogP contribution < -0.4 is 10.1 Å². The number of H-pyrrole nitrogens is 1. The summed E-state index contributed by atoms with van der Waals surface area (Å²) in [6.45, 7) is 0.207. The highest BCUT2D eigenvalue weighted by Gasteiger charge is 2.09. The van der Waals surface area contributed by atoms with E-state index < -0.39 is 4.92 Å². The van der Waals surface area contributed by atoms with E-state index in [4.69, 9.17) is 4.74 Å². The number of hydrogen-bond acceptors (Lipinski definition) is 5. The summed E-state index contributed by atoms with van der Waals surface area (Å²) in [6.07, 6.45) is 1.75. The van der Waals surface area contributed by atoms with E-state index in [9.17, 15) is 19.3 Å². The number of aromatic amines is 1. The van der Waals surface area contributed by atoms with Crippen LogP contribution in [0.3, 0.4) is 0 Å². The zero-order valence-electron chi connectivity index (χ0n) is 14.1. The molecule has 0 spiro atoms. The number of hydrogen-bond donors (Lipinski definition) is 2. The predicted molar refractivity (Wildman–Crippen MR) is 101 cm³/mol. The lowest BCUT2D eigenvalue weighted by molar-refractivity contribution is -0.384. The first-order chi connectivity index (χ1) is 13.0. The van der Waals surface area contributed by atoms with Crippen LogP contribution in [0.15, 0.2) is 53.6 Å². The molecule has 1 amide bonds. The quantitative estimate of drug-likeness (QED) is 0.266. The number of carbonyl (C=O) groups is 1. The number of nitrogens with one attached hydrogen (secondary N) is 2. The number of benzene rings is 2. The van der Waals surface area contributed by atoms with Gasteiger partial charge in [-0.15, -0.1) is 11.8 Å². The number of nitrogens with zero attached hydrogens (tertiary/aromatic N) is 1. The zero-order valence-corrected chi connectivity index (χ0v) is 14.9. The molecule has 1 aromatic heterocycles. The molecule has 0 fully saturated rings. The van der Waals surface area contributed by atoms with Crippen LogP contribution in [0.2, 0.25) is 0 Å². The van der Waals surface area contributed by atoms with Crippen LogP contribution in [0.25, 0.3) is 10.9 Å². The highest BCUT2D eigenvalue weighted by Crippen LogP contribution is 2.29. The Labute approximate surface area is 158 Å². The number of nitro groups is 1. The minimum atomic E-state index is -0.506. The molecule has 2 aromatic carbocycles. The first-order valence-corrected chi connectivity index (χ1v) is 9.05. The third-order valence-electron chi connectivity index (χ3n) is 3.72. The smallest absolute Gasteiger partial charge is 0.269 e. The van der Waals surface area contributed by atoms with Crippen molar-refractivity contribution in [3.05, 3.63) is 64.6 Å². The lowest BCUT2D eigenvalue weighted by Gasteiger charge is -2.07. The van der Waals surface area contributed by atoms with E-state index in [-0.39, 0.29) is 24.0 Å². The van der Waals surface area contributed by atoms with Crippen LogP contribution in [0.5, 0.6) is 5.75 Å². The Morgan fingerprint density at radius 2 is 2.04 bits per heavy atom. The molecule has 0 saturated heterocycles. The molecule has 0 aliphatic heterocycles. The number of non-ortho nitro benzene ring substituents is 1. The average Bonchev–Trinajstić information content (AvgIpc) is 3.08. The molecule has 0 radical (unpaired) electrons. The second-order valence-corrected chi connectivity index (χ2v) is 6.69. The van der Waals surface area contributed by atoms with Crippen molar-refractivity contribution in [3.8, 4) is 5.75 Å². The summed E-state index contributed by atoms with van der Waals surface area (Å²) in [5.74, 6) is 0.361. The third-order valence-corrected chi connectivity index (χ3v) is 4.76. The highest BCUT2D eigenvalue weighted by molar-refractivity contribution is 7.99. The van der Waals surface area contributed by atoms with Crippen LogP contribution in [0, 0.1) is 15.9 Å². The van der Waals surface area contributed by atoms with Gasteiger partial charge in [-0.1, -0.05) is 6.07 Å². The number of nitro benzene ring substituents is 1. The third kappa shape index (κ3) is 4.76. The Bertz CT molecular complexity index is 959. The number of ether oxygens (including phenoxy) is 1. The van der Waals surface area contributed by atoms with Gasteiger partial charge in [0.1, 0.15) is 11.6 Å². The summed E-state index contributed by atoms with van der Waals surface area (Å²) >= 11 is 1.44. The van der Waals surface area contributed by atoms with Crippen molar-refractivity contribution in [3.63, 3.8) is 0 Å². The molecule has 0 unspecified atom stereocenters. The van der Waals surface area contributed by atoms with Crippen molar-refractivity contribution in [2.24, 2.45) is 0 Å². The molecule has 0 saturated carbocycles. The zero-order chi connectivity index (χ0) is 19.2. The van der Waals surface area contributed by atoms with Crippen LogP contribution >= 0.6 is 11.8 Å². The van der Waals surface area contributed by atoms with Gasteiger partial charge in [-0.3, -0.25) is 14.9 Å². The normalized spacial score (nSPS) is 10.7. The van der Waals surface area contributed by atoms with Crippen molar-refractivity contribution >= 4 is 34.3 Å². The van der Waals surface area contributed by atoms with Gasteiger partial charge in [-0.05, 0) is 24.3 Å². The van der Waals surface area contributed by atoms with Crippen LogP contribution in [-0.4, -0.2) is 34.7 Å². The fraction of sp³-hybridized carbons (Fsp3) is 0.167. The molecule has 27 heavy (non-hydrogen) atoms. The maximum absolute atomic E-state index is 13.9. The Morgan fingerprint density at radius 1 is 1.26 bits per heavy atom. The van der Waals surface area contributed by atoms with Gasteiger partial charge in [-0.25, -0.2) is 4.39 Å². The van der Waals surface area contributed by atoms with Crippen molar-refractivity contribution in [2.45, 2.75) is 4.90 Å². The van der Waals surface area contributed by atoms with Crippen LogP contribution in [0.1, 0.15) is 0 Å². The summed E-state index contributed by atoms with van der Waals surface area (Å²) in [5.41, 5.74) is 0.690. The summed E-state index contributed by atoms with van der Waals surface area (Å²) in [6, 6.07) is 10.4. The van der Waals surface area contributed by atoms with E-state index in [1.165, 1.54) is 42.1 Å². The molecule has 7 nitrogen and oxygen atoms in total. The Balaban J connectivity index is 1.41. The van der Waals surface area contributed by atoms with E-state index in [1.807, 2.05) is 0 Å². The molecule has 3 aromatic rings. The van der Waals surface area contributed by atoms with Gasteiger partial charge in [0.15, 0.2) is 6.61 Å². The number of aromatic nitrogens is 1. The van der Waals surface area contributed by atoms with E-state index in [2.05, 4.69) is 10.3 Å². The molecule has 140 valence electrons. The number of halogens is 1. The monoisotopic (exact) mass is 389 g/mol. The van der Waals surface area contributed by atoms with Crippen molar-refractivity contribution < 1.29 is 18.8 Å². The van der Waals surface area contributed by atoms with Crippen molar-refractivity contribution in [1.82, 2.24) is 10.3 Å². The predicted octanol–water partition coefficient (Wildman–Crippen LogP) is 3.50. The lowest BCUT2D eigenvalue weighted by Crippen LogP contribution is -2.30. The second kappa shape index (κ2) is 8.54. The average molecular weight is 389 g/mol. The number of carbonyl (C=O) groups excluding carboxylic acids is 1. The first kappa shape index (κ1) is 18.7. The van der Waals surface area contributed by atoms with Crippen LogP contribution in [0.4, 0.5) is 10.1 Å². The summed E-state index contributed by atoms with van der Waals surface area (Å²) in [7, 11) is 0. The SMILES string of the molecule is O=C(COc1ccc([N+](=O)[O-])cc1)NCCSc1c[nH]c2cccc(F)c12. The largest absolute Gasteiger partial charge is 0.484 e. The van der Waals surface area contributed by atoms with Gasteiger partial charge in [-0.2, -0.15) is 0 Å². The fourth-order valence-electron chi connectivity index (χ4n) is 2.44. The maximum atomic E-state index is 13.9. The fourth-order valence-corrected chi connectivity index (χ4v) is 3.36. The summed E-state index contributed by atoms with van der Waals surface area (Å²) in [5, 5.41) is 13.8. The minimum absolute atomic E-state index is 0.0439. The Hall–Kier alpha value is -3.07. The molecule has 0 bridgehead atoms. The van der Waals surface area contributed by atoms with E-state index >= 15 is 0 Å². The Kier molecular flexibility index (Phi) is 5.92. The topological polar surface area (TPSA) is 97.3 Å². The Morgan fingerprint density at radius 3 is 2.78 bits per heavy atom.